The standard InChI is InChI=1S/C11H11F3N2O4/c1-20-10(17)8(15)5-6-2-3-9(16(18)19)7(4-6)11(12,13)14/h2-4,8H,5,15H2,1H3/t8-/m0/s1. The zero-order valence-corrected chi connectivity index (χ0v) is 10.3. The maximum atomic E-state index is 12.7. The van der Waals surface area contributed by atoms with Crippen LogP contribution in [0, 0.1) is 10.1 Å². The van der Waals surface area contributed by atoms with Crippen LogP contribution in [-0.4, -0.2) is 24.0 Å². The number of hydrogen-bond acceptors (Lipinski definition) is 5. The first kappa shape index (κ1) is 15.9. The van der Waals surface area contributed by atoms with Crippen LogP contribution in [0.2, 0.25) is 0 Å². The molecular formula is C11H11F3N2O4. The Morgan fingerprint density at radius 2 is 2.10 bits per heavy atom. The molecule has 0 heterocycles. The highest BCUT2D eigenvalue weighted by Crippen LogP contribution is 2.36. The summed E-state index contributed by atoms with van der Waals surface area (Å²) in [7, 11) is 1.10. The van der Waals surface area contributed by atoms with Crippen molar-refractivity contribution in [3.63, 3.8) is 0 Å². The zero-order valence-electron chi connectivity index (χ0n) is 10.3. The third-order valence-corrected chi connectivity index (χ3v) is 2.52. The lowest BCUT2D eigenvalue weighted by Crippen LogP contribution is -2.33. The molecule has 0 radical (unpaired) electrons. The van der Waals surface area contributed by atoms with E-state index in [1.54, 1.807) is 0 Å². The number of carbonyl (C=O) groups excluding carboxylic acids is 1. The number of carbonyl (C=O) groups is 1. The number of nitro benzene ring substituents is 1. The van der Waals surface area contributed by atoms with Crippen molar-refractivity contribution in [2.45, 2.75) is 18.6 Å². The van der Waals surface area contributed by atoms with Crippen LogP contribution in [0.3, 0.4) is 0 Å². The Labute approximate surface area is 111 Å². The van der Waals surface area contributed by atoms with Gasteiger partial charge in [0.15, 0.2) is 0 Å². The van der Waals surface area contributed by atoms with E-state index in [0.29, 0.717) is 6.07 Å². The van der Waals surface area contributed by atoms with E-state index in [9.17, 15) is 28.1 Å². The number of halogens is 3. The van der Waals surface area contributed by atoms with E-state index in [4.69, 9.17) is 5.73 Å². The molecule has 9 heteroatoms. The largest absolute Gasteiger partial charge is 0.468 e. The molecule has 1 aromatic carbocycles. The van der Waals surface area contributed by atoms with Crippen LogP contribution in [0.5, 0.6) is 0 Å². The van der Waals surface area contributed by atoms with E-state index >= 15 is 0 Å². The van der Waals surface area contributed by atoms with Crippen molar-refractivity contribution in [1.82, 2.24) is 0 Å². The monoisotopic (exact) mass is 292 g/mol. The highest BCUT2D eigenvalue weighted by molar-refractivity contribution is 5.75. The van der Waals surface area contributed by atoms with Gasteiger partial charge < -0.3 is 10.5 Å². The summed E-state index contributed by atoms with van der Waals surface area (Å²) in [5.74, 6) is -0.781. The molecule has 2 N–H and O–H groups in total. The Kier molecular flexibility index (Phi) is 4.66. The summed E-state index contributed by atoms with van der Waals surface area (Å²) in [6, 6.07) is 1.33. The number of benzene rings is 1. The van der Waals surface area contributed by atoms with Crippen molar-refractivity contribution in [2.75, 3.05) is 7.11 Å². The number of rotatable bonds is 4. The van der Waals surface area contributed by atoms with Gasteiger partial charge in [-0.3, -0.25) is 14.9 Å². The second-order valence-corrected chi connectivity index (χ2v) is 3.94. The van der Waals surface area contributed by atoms with Gasteiger partial charge in [0.2, 0.25) is 0 Å². The molecule has 0 unspecified atom stereocenters. The average molecular weight is 292 g/mol. The van der Waals surface area contributed by atoms with Crippen molar-refractivity contribution >= 4 is 11.7 Å². The molecule has 1 rings (SSSR count). The van der Waals surface area contributed by atoms with Gasteiger partial charge in [-0.1, -0.05) is 6.07 Å². The number of alkyl halides is 3. The highest BCUT2D eigenvalue weighted by atomic mass is 19.4. The minimum atomic E-state index is -4.87. The van der Waals surface area contributed by atoms with Crippen molar-refractivity contribution in [3.8, 4) is 0 Å². The molecule has 6 nitrogen and oxygen atoms in total. The Morgan fingerprint density at radius 3 is 2.55 bits per heavy atom. The van der Waals surface area contributed by atoms with Gasteiger partial charge in [-0.2, -0.15) is 13.2 Å². The Morgan fingerprint density at radius 1 is 1.50 bits per heavy atom. The van der Waals surface area contributed by atoms with Gasteiger partial charge in [-0.05, 0) is 18.1 Å². The Balaban J connectivity index is 3.14. The van der Waals surface area contributed by atoms with E-state index in [0.717, 1.165) is 19.2 Å². The third kappa shape index (κ3) is 3.67. The van der Waals surface area contributed by atoms with Crippen LogP contribution in [0.4, 0.5) is 18.9 Å². The minimum absolute atomic E-state index is 0.0563. The van der Waals surface area contributed by atoms with Gasteiger partial charge in [0.05, 0.1) is 12.0 Å². The molecule has 0 spiro atoms. The minimum Gasteiger partial charge on any atom is -0.468 e. The fourth-order valence-corrected chi connectivity index (χ4v) is 1.59. The van der Waals surface area contributed by atoms with E-state index in [2.05, 4.69) is 4.74 Å². The third-order valence-electron chi connectivity index (χ3n) is 2.52. The van der Waals surface area contributed by atoms with Crippen LogP contribution in [0.15, 0.2) is 18.2 Å². The second kappa shape index (κ2) is 5.87. The molecular weight excluding hydrogens is 281 g/mol. The topological polar surface area (TPSA) is 95.5 Å². The molecule has 20 heavy (non-hydrogen) atoms. The molecule has 0 fully saturated rings. The molecule has 0 aliphatic carbocycles. The van der Waals surface area contributed by atoms with Crippen LogP contribution in [0.25, 0.3) is 0 Å². The summed E-state index contributed by atoms with van der Waals surface area (Å²) in [6.45, 7) is 0. The van der Waals surface area contributed by atoms with E-state index in [1.165, 1.54) is 0 Å². The van der Waals surface area contributed by atoms with Crippen molar-refractivity contribution in [3.05, 3.63) is 39.4 Å². The van der Waals surface area contributed by atoms with Gasteiger partial charge in [-0.15, -0.1) is 0 Å². The Bertz CT molecular complexity index is 531. The lowest BCUT2D eigenvalue weighted by Gasteiger charge is -2.12. The van der Waals surface area contributed by atoms with Crippen LogP contribution in [0.1, 0.15) is 11.1 Å². The van der Waals surface area contributed by atoms with Crippen molar-refractivity contribution < 1.29 is 27.6 Å². The SMILES string of the molecule is COC(=O)[C@@H](N)Cc1ccc([N+](=O)[O-])c(C(F)(F)F)c1. The lowest BCUT2D eigenvalue weighted by atomic mass is 10.0. The predicted octanol–water partition coefficient (Wildman–Crippen LogP) is 1.66. The fourth-order valence-electron chi connectivity index (χ4n) is 1.59. The molecule has 0 aromatic heterocycles. The summed E-state index contributed by atoms with van der Waals surface area (Å²) in [5, 5.41) is 10.6. The molecule has 0 aliphatic rings. The van der Waals surface area contributed by atoms with Gasteiger partial charge in [0.1, 0.15) is 11.6 Å². The molecule has 0 bridgehead atoms. The fraction of sp³-hybridized carbons (Fsp3) is 0.364. The number of hydrogen-bond donors (Lipinski definition) is 1. The van der Waals surface area contributed by atoms with Crippen LogP contribution < -0.4 is 5.73 Å². The van der Waals surface area contributed by atoms with Gasteiger partial charge in [0.25, 0.3) is 5.69 Å². The maximum absolute atomic E-state index is 12.7. The number of nitrogens with zero attached hydrogens (tertiary/aromatic N) is 1. The number of ether oxygens (including phenoxy) is 1. The first-order valence-corrected chi connectivity index (χ1v) is 5.34. The van der Waals surface area contributed by atoms with Gasteiger partial charge in [0, 0.05) is 6.07 Å². The number of esters is 1. The quantitative estimate of drug-likeness (QED) is 0.517. The molecule has 1 aromatic rings. The molecule has 0 saturated carbocycles. The summed E-state index contributed by atoms with van der Waals surface area (Å²) < 4.78 is 42.5. The number of nitro groups is 1. The van der Waals surface area contributed by atoms with E-state index < -0.39 is 34.4 Å². The predicted molar refractivity (Wildman–Crippen MR) is 61.8 cm³/mol. The van der Waals surface area contributed by atoms with Crippen molar-refractivity contribution in [2.24, 2.45) is 5.73 Å². The summed E-state index contributed by atoms with van der Waals surface area (Å²) in [4.78, 5) is 20.5. The average Bonchev–Trinajstić information content (AvgIpc) is 2.36. The van der Waals surface area contributed by atoms with Crippen molar-refractivity contribution in [1.29, 1.82) is 0 Å². The van der Waals surface area contributed by atoms with Gasteiger partial charge >= 0.3 is 12.1 Å². The summed E-state index contributed by atoms with van der Waals surface area (Å²) in [6.07, 6.45) is -5.08. The first-order valence-electron chi connectivity index (χ1n) is 5.34. The Hall–Kier alpha value is -2.16. The second-order valence-electron chi connectivity index (χ2n) is 3.94. The highest BCUT2D eigenvalue weighted by Gasteiger charge is 2.38. The number of methoxy groups -OCH3 is 1. The molecule has 1 atom stereocenters. The zero-order chi connectivity index (χ0) is 15.5. The molecule has 0 saturated heterocycles. The molecule has 0 aliphatic heterocycles. The van der Waals surface area contributed by atoms with E-state index in [-0.39, 0.29) is 12.0 Å². The van der Waals surface area contributed by atoms with E-state index in [1.807, 2.05) is 0 Å². The summed E-state index contributed by atoms with van der Waals surface area (Å²) >= 11 is 0. The van der Waals surface area contributed by atoms with Gasteiger partial charge in [-0.25, -0.2) is 0 Å². The lowest BCUT2D eigenvalue weighted by molar-refractivity contribution is -0.388. The molecule has 110 valence electrons. The first-order chi connectivity index (χ1) is 9.16. The number of nitrogens with two attached hydrogens (primary N) is 1. The maximum Gasteiger partial charge on any atom is 0.423 e. The smallest absolute Gasteiger partial charge is 0.423 e. The molecule has 0 amide bonds. The van der Waals surface area contributed by atoms with Crippen LogP contribution in [-0.2, 0) is 22.1 Å². The normalized spacial score (nSPS) is 12.8. The summed E-state index contributed by atoms with van der Waals surface area (Å²) in [5.41, 5.74) is 3.06. The van der Waals surface area contributed by atoms with Crippen LogP contribution >= 0.6 is 0 Å².